The van der Waals surface area contributed by atoms with E-state index < -0.39 is 8.80 Å². The molecule has 0 aromatic heterocycles. The summed E-state index contributed by atoms with van der Waals surface area (Å²) < 4.78 is 0. The monoisotopic (exact) mass is 198 g/mol. The van der Waals surface area contributed by atoms with Crippen LogP contribution < -0.4 is 0 Å². The van der Waals surface area contributed by atoms with Gasteiger partial charge in [-0.15, -0.1) is 0 Å². The number of rotatable bonds is 6. The van der Waals surface area contributed by atoms with Crippen molar-refractivity contribution >= 4 is 8.80 Å². The Morgan fingerprint density at radius 3 is 2.08 bits per heavy atom. The third-order valence-electron chi connectivity index (χ3n) is 4.10. The van der Waals surface area contributed by atoms with Crippen molar-refractivity contribution in [2.75, 3.05) is 0 Å². The first-order valence-corrected chi connectivity index (χ1v) is 8.39. The standard InChI is InChI=1S/C12H26Si/c1-5-10(4)13(7-3)12(6-2)11-8-9-11/h10-13H,5-9H2,1-4H3. The van der Waals surface area contributed by atoms with E-state index in [-0.39, 0.29) is 0 Å². The van der Waals surface area contributed by atoms with Crippen molar-refractivity contribution in [1.82, 2.24) is 0 Å². The molecule has 1 heteroatoms. The summed E-state index contributed by atoms with van der Waals surface area (Å²) in [5.41, 5.74) is 2.26. The van der Waals surface area contributed by atoms with E-state index in [1.165, 1.54) is 24.4 Å². The minimum absolute atomic E-state index is 0.417. The van der Waals surface area contributed by atoms with Gasteiger partial charge in [-0.05, 0) is 11.5 Å². The third kappa shape index (κ3) is 2.83. The van der Waals surface area contributed by atoms with Crippen LogP contribution >= 0.6 is 0 Å². The second-order valence-electron chi connectivity index (χ2n) is 4.87. The maximum atomic E-state index is 2.51. The maximum Gasteiger partial charge on any atom is 0.0427 e. The van der Waals surface area contributed by atoms with Gasteiger partial charge in [-0.2, -0.15) is 0 Å². The van der Waals surface area contributed by atoms with Gasteiger partial charge in [0.1, 0.15) is 0 Å². The van der Waals surface area contributed by atoms with Crippen LogP contribution in [0.15, 0.2) is 0 Å². The average molecular weight is 198 g/mol. The van der Waals surface area contributed by atoms with Crippen LogP contribution in [-0.4, -0.2) is 8.80 Å². The Balaban J connectivity index is 2.50. The van der Waals surface area contributed by atoms with Gasteiger partial charge in [0.05, 0.1) is 0 Å². The quantitative estimate of drug-likeness (QED) is 0.561. The second kappa shape index (κ2) is 5.19. The molecule has 0 aromatic carbocycles. The van der Waals surface area contributed by atoms with Crippen LogP contribution in [0.25, 0.3) is 0 Å². The van der Waals surface area contributed by atoms with Gasteiger partial charge in [0.2, 0.25) is 0 Å². The van der Waals surface area contributed by atoms with E-state index in [9.17, 15) is 0 Å². The van der Waals surface area contributed by atoms with Crippen molar-refractivity contribution in [2.24, 2.45) is 5.92 Å². The summed E-state index contributed by atoms with van der Waals surface area (Å²) in [6.07, 6.45) is 6.00. The molecule has 0 aliphatic heterocycles. The van der Waals surface area contributed by atoms with Crippen molar-refractivity contribution in [3.63, 3.8) is 0 Å². The van der Waals surface area contributed by atoms with Gasteiger partial charge in [-0.3, -0.25) is 0 Å². The minimum atomic E-state index is -0.417. The topological polar surface area (TPSA) is 0 Å². The van der Waals surface area contributed by atoms with Gasteiger partial charge in [0.25, 0.3) is 0 Å². The Bertz CT molecular complexity index is 140. The summed E-state index contributed by atoms with van der Waals surface area (Å²) in [6, 6.07) is 1.53. The van der Waals surface area contributed by atoms with Crippen LogP contribution in [0, 0.1) is 5.92 Å². The largest absolute Gasteiger partial charge is 0.0680 e. The summed E-state index contributed by atoms with van der Waals surface area (Å²) >= 11 is 0. The van der Waals surface area contributed by atoms with E-state index in [0.717, 1.165) is 11.5 Å². The fourth-order valence-electron chi connectivity index (χ4n) is 2.94. The van der Waals surface area contributed by atoms with E-state index >= 15 is 0 Å². The molecule has 0 heterocycles. The molecule has 1 aliphatic rings. The first-order chi connectivity index (χ1) is 6.24. The van der Waals surface area contributed by atoms with Crippen molar-refractivity contribution < 1.29 is 0 Å². The molecule has 0 aromatic rings. The molecule has 0 nitrogen and oxygen atoms in total. The molecule has 1 rings (SSSR count). The highest BCUT2D eigenvalue weighted by atomic mass is 28.3. The molecule has 1 saturated carbocycles. The van der Waals surface area contributed by atoms with E-state index in [2.05, 4.69) is 27.7 Å². The normalized spacial score (nSPS) is 24.0. The molecule has 0 bridgehead atoms. The third-order valence-corrected chi connectivity index (χ3v) is 9.09. The Morgan fingerprint density at radius 2 is 1.77 bits per heavy atom. The highest BCUT2D eigenvalue weighted by Crippen LogP contribution is 2.47. The molecule has 13 heavy (non-hydrogen) atoms. The zero-order chi connectivity index (χ0) is 9.84. The lowest BCUT2D eigenvalue weighted by molar-refractivity contribution is 0.661. The molecule has 0 saturated heterocycles. The Kier molecular flexibility index (Phi) is 4.50. The number of hydrogen-bond donors (Lipinski definition) is 0. The lowest BCUT2D eigenvalue weighted by atomic mass is 10.2. The Labute approximate surface area is 85.7 Å². The van der Waals surface area contributed by atoms with E-state index in [0.29, 0.717) is 0 Å². The molecular weight excluding hydrogens is 172 g/mol. The van der Waals surface area contributed by atoms with Crippen LogP contribution in [0.2, 0.25) is 17.1 Å². The first-order valence-electron chi connectivity index (χ1n) is 6.24. The fourth-order valence-corrected chi connectivity index (χ4v) is 7.49. The molecule has 1 aliphatic carbocycles. The summed E-state index contributed by atoms with van der Waals surface area (Å²) in [5.74, 6) is 1.16. The zero-order valence-electron chi connectivity index (χ0n) is 9.84. The molecule has 3 unspecified atom stereocenters. The predicted molar refractivity (Wildman–Crippen MR) is 64.1 cm³/mol. The van der Waals surface area contributed by atoms with Crippen LogP contribution in [0.3, 0.4) is 0 Å². The van der Waals surface area contributed by atoms with Gasteiger partial charge in [0, 0.05) is 8.80 Å². The van der Waals surface area contributed by atoms with Crippen molar-refractivity contribution in [3.05, 3.63) is 0 Å². The van der Waals surface area contributed by atoms with Crippen molar-refractivity contribution in [2.45, 2.75) is 70.5 Å². The molecule has 0 amide bonds. The number of hydrogen-bond acceptors (Lipinski definition) is 0. The highest BCUT2D eigenvalue weighted by molar-refractivity contribution is 6.62. The summed E-state index contributed by atoms with van der Waals surface area (Å²) in [5, 5.41) is 0. The molecule has 3 atom stereocenters. The highest BCUT2D eigenvalue weighted by Gasteiger charge is 2.36. The zero-order valence-corrected chi connectivity index (χ0v) is 11.0. The van der Waals surface area contributed by atoms with E-state index in [1.807, 2.05) is 0 Å². The molecular formula is C12H26Si. The van der Waals surface area contributed by atoms with Gasteiger partial charge in [-0.25, -0.2) is 0 Å². The summed E-state index contributed by atoms with van der Waals surface area (Å²) in [6.45, 7) is 9.74. The second-order valence-corrected chi connectivity index (χ2v) is 9.01. The smallest absolute Gasteiger partial charge is 0.0427 e. The lowest BCUT2D eigenvalue weighted by Gasteiger charge is -2.28. The fraction of sp³-hybridized carbons (Fsp3) is 1.00. The summed E-state index contributed by atoms with van der Waals surface area (Å²) in [4.78, 5) is 0. The Morgan fingerprint density at radius 1 is 1.15 bits per heavy atom. The van der Waals surface area contributed by atoms with Gasteiger partial charge < -0.3 is 0 Å². The Hall–Kier alpha value is 0.217. The van der Waals surface area contributed by atoms with Crippen molar-refractivity contribution in [1.29, 1.82) is 0 Å². The van der Waals surface area contributed by atoms with Crippen LogP contribution in [0.1, 0.15) is 53.4 Å². The lowest BCUT2D eigenvalue weighted by Crippen LogP contribution is -2.25. The van der Waals surface area contributed by atoms with E-state index in [1.54, 1.807) is 12.8 Å². The van der Waals surface area contributed by atoms with Crippen LogP contribution in [0.5, 0.6) is 0 Å². The predicted octanol–water partition coefficient (Wildman–Crippen LogP) is 4.22. The molecule has 0 N–H and O–H groups in total. The van der Waals surface area contributed by atoms with Crippen LogP contribution in [0.4, 0.5) is 0 Å². The minimum Gasteiger partial charge on any atom is -0.0680 e. The SMILES string of the molecule is CCC(C)[SiH](CC)C(CC)C1CC1. The van der Waals surface area contributed by atoms with Gasteiger partial charge >= 0.3 is 0 Å². The van der Waals surface area contributed by atoms with Crippen molar-refractivity contribution in [3.8, 4) is 0 Å². The molecule has 1 fully saturated rings. The van der Waals surface area contributed by atoms with Gasteiger partial charge in [-0.1, -0.05) is 65.0 Å². The molecule has 0 spiro atoms. The van der Waals surface area contributed by atoms with Crippen LogP contribution in [-0.2, 0) is 0 Å². The average Bonchev–Trinajstić information content (AvgIpc) is 2.96. The van der Waals surface area contributed by atoms with E-state index in [4.69, 9.17) is 0 Å². The first kappa shape index (κ1) is 11.3. The molecule has 78 valence electrons. The molecule has 0 radical (unpaired) electrons. The summed E-state index contributed by atoms with van der Waals surface area (Å²) in [7, 11) is -0.417. The maximum absolute atomic E-state index is 2.51. The van der Waals surface area contributed by atoms with Gasteiger partial charge in [0.15, 0.2) is 0 Å².